The van der Waals surface area contributed by atoms with Gasteiger partial charge in [0.15, 0.2) is 0 Å². The third-order valence-electron chi connectivity index (χ3n) is 2.50. The number of hydrogen-bond acceptors (Lipinski definition) is 6. The summed E-state index contributed by atoms with van der Waals surface area (Å²) in [6.07, 6.45) is 0. The average molecular weight is 244 g/mol. The minimum absolute atomic E-state index is 0.116. The Morgan fingerprint density at radius 3 is 2.75 bits per heavy atom. The van der Waals surface area contributed by atoms with Crippen LogP contribution >= 0.6 is 11.6 Å². The second-order valence-electron chi connectivity index (χ2n) is 4.28. The first kappa shape index (κ1) is 11.3. The molecule has 7 heteroatoms. The molecule has 1 aliphatic rings. The van der Waals surface area contributed by atoms with Crippen LogP contribution in [0.2, 0.25) is 5.28 Å². The van der Waals surface area contributed by atoms with Crippen LogP contribution in [0.1, 0.15) is 13.8 Å². The maximum atomic E-state index is 5.76. The van der Waals surface area contributed by atoms with Gasteiger partial charge in [0.25, 0.3) is 0 Å². The zero-order valence-corrected chi connectivity index (χ0v) is 10.0. The van der Waals surface area contributed by atoms with Gasteiger partial charge >= 0.3 is 0 Å². The molecule has 88 valence electrons. The molecule has 1 fully saturated rings. The van der Waals surface area contributed by atoms with Crippen LogP contribution in [0.3, 0.4) is 0 Å². The van der Waals surface area contributed by atoms with Gasteiger partial charge in [-0.15, -0.1) is 0 Å². The summed E-state index contributed by atoms with van der Waals surface area (Å²) in [4.78, 5) is 13.9. The third kappa shape index (κ3) is 2.17. The quantitative estimate of drug-likeness (QED) is 0.783. The first-order valence-corrected chi connectivity index (χ1v) is 5.39. The molecule has 2 N–H and O–H groups in total. The van der Waals surface area contributed by atoms with E-state index in [2.05, 4.69) is 28.8 Å². The monoisotopic (exact) mass is 243 g/mol. The Labute approximate surface area is 98.8 Å². The van der Waals surface area contributed by atoms with E-state index < -0.39 is 0 Å². The molecule has 0 radical (unpaired) electrons. The van der Waals surface area contributed by atoms with Gasteiger partial charge in [-0.1, -0.05) is 0 Å². The predicted molar refractivity (Wildman–Crippen MR) is 61.5 cm³/mol. The summed E-state index contributed by atoms with van der Waals surface area (Å²) in [5, 5.41) is 0.116. The van der Waals surface area contributed by atoms with E-state index in [9.17, 15) is 0 Å². The lowest BCUT2D eigenvalue weighted by Gasteiger charge is -2.41. The predicted octanol–water partition coefficient (Wildman–Crippen LogP) is 0.722. The van der Waals surface area contributed by atoms with E-state index in [4.69, 9.17) is 22.1 Å². The second kappa shape index (κ2) is 4.03. The van der Waals surface area contributed by atoms with Crippen molar-refractivity contribution in [1.29, 1.82) is 0 Å². The Hall–Kier alpha value is -1.14. The van der Waals surface area contributed by atoms with Crippen molar-refractivity contribution < 1.29 is 4.74 Å². The first-order valence-electron chi connectivity index (χ1n) is 5.01. The molecule has 16 heavy (non-hydrogen) atoms. The van der Waals surface area contributed by atoms with Crippen LogP contribution in [0, 0.1) is 0 Å². The summed E-state index contributed by atoms with van der Waals surface area (Å²) in [6, 6.07) is 0. The van der Waals surface area contributed by atoms with Crippen LogP contribution in [0.5, 0.6) is 0 Å². The number of hydrogen-bond donors (Lipinski definition) is 1. The Bertz CT molecular complexity index is 377. The largest absolute Gasteiger partial charge is 0.377 e. The van der Waals surface area contributed by atoms with E-state index >= 15 is 0 Å². The van der Waals surface area contributed by atoms with Crippen molar-refractivity contribution in [2.45, 2.75) is 19.4 Å². The van der Waals surface area contributed by atoms with E-state index in [1.54, 1.807) is 0 Å². The van der Waals surface area contributed by atoms with Crippen molar-refractivity contribution in [2.75, 3.05) is 30.4 Å². The number of ether oxygens (including phenoxy) is 1. The highest BCUT2D eigenvalue weighted by atomic mass is 35.5. The van der Waals surface area contributed by atoms with Crippen LogP contribution in [-0.4, -0.2) is 40.2 Å². The second-order valence-corrected chi connectivity index (χ2v) is 4.62. The molecular weight excluding hydrogens is 230 g/mol. The van der Waals surface area contributed by atoms with Crippen LogP contribution in [0.25, 0.3) is 0 Å². The fourth-order valence-electron chi connectivity index (χ4n) is 1.70. The van der Waals surface area contributed by atoms with E-state index in [1.807, 2.05) is 4.90 Å². The average Bonchev–Trinajstić information content (AvgIpc) is 2.15. The molecule has 2 heterocycles. The molecule has 0 atom stereocenters. The number of rotatable bonds is 1. The topological polar surface area (TPSA) is 77.2 Å². The Balaban J connectivity index is 2.34. The number of nitrogens with zero attached hydrogens (tertiary/aromatic N) is 4. The Morgan fingerprint density at radius 2 is 2.12 bits per heavy atom. The lowest BCUT2D eigenvalue weighted by molar-refractivity contribution is 0.0634. The standard InChI is InChI=1S/C9H14ClN5O/c1-9(2)5-16-4-3-15(9)8-13-6(10)12-7(11)14-8/h3-5H2,1-2H3,(H2,11,12,13,14). The Kier molecular flexibility index (Phi) is 2.86. The molecule has 0 spiro atoms. The molecule has 1 aromatic heterocycles. The number of aromatic nitrogens is 3. The number of halogens is 1. The lowest BCUT2D eigenvalue weighted by Crippen LogP contribution is -2.54. The highest BCUT2D eigenvalue weighted by Gasteiger charge is 2.32. The van der Waals surface area contributed by atoms with Crippen LogP contribution in [0.15, 0.2) is 0 Å². The van der Waals surface area contributed by atoms with Crippen molar-refractivity contribution in [1.82, 2.24) is 15.0 Å². The molecule has 2 rings (SSSR count). The van der Waals surface area contributed by atoms with Crippen LogP contribution < -0.4 is 10.6 Å². The highest BCUT2D eigenvalue weighted by Crippen LogP contribution is 2.24. The van der Waals surface area contributed by atoms with Gasteiger partial charge < -0.3 is 15.4 Å². The zero-order valence-electron chi connectivity index (χ0n) is 9.27. The smallest absolute Gasteiger partial charge is 0.232 e. The Morgan fingerprint density at radius 1 is 1.38 bits per heavy atom. The molecule has 1 saturated heterocycles. The van der Waals surface area contributed by atoms with Crippen molar-refractivity contribution >= 4 is 23.5 Å². The maximum absolute atomic E-state index is 5.76. The van der Waals surface area contributed by atoms with Gasteiger partial charge in [0, 0.05) is 6.54 Å². The molecule has 0 aliphatic carbocycles. The zero-order chi connectivity index (χ0) is 11.8. The molecule has 0 unspecified atom stereocenters. The fraction of sp³-hybridized carbons (Fsp3) is 0.667. The number of nitrogens with two attached hydrogens (primary N) is 1. The van der Waals surface area contributed by atoms with Gasteiger partial charge in [-0.2, -0.15) is 15.0 Å². The molecular formula is C9H14ClN5O. The van der Waals surface area contributed by atoms with E-state index in [0.717, 1.165) is 0 Å². The van der Waals surface area contributed by atoms with Crippen LogP contribution in [0.4, 0.5) is 11.9 Å². The number of anilines is 2. The van der Waals surface area contributed by atoms with Gasteiger partial charge in [0.1, 0.15) is 0 Å². The lowest BCUT2D eigenvalue weighted by atomic mass is 10.0. The minimum Gasteiger partial charge on any atom is -0.377 e. The van der Waals surface area contributed by atoms with Gasteiger partial charge in [0.2, 0.25) is 17.2 Å². The first-order chi connectivity index (χ1) is 7.49. The molecule has 1 aromatic rings. The van der Waals surface area contributed by atoms with Crippen molar-refractivity contribution in [3.05, 3.63) is 5.28 Å². The molecule has 1 aliphatic heterocycles. The highest BCUT2D eigenvalue weighted by molar-refractivity contribution is 6.28. The summed E-state index contributed by atoms with van der Waals surface area (Å²) in [5.74, 6) is 0.642. The molecule has 0 amide bonds. The third-order valence-corrected chi connectivity index (χ3v) is 2.67. The summed E-state index contributed by atoms with van der Waals surface area (Å²) in [5.41, 5.74) is 5.38. The minimum atomic E-state index is -0.171. The maximum Gasteiger partial charge on any atom is 0.232 e. The van der Waals surface area contributed by atoms with Crippen LogP contribution in [-0.2, 0) is 4.74 Å². The summed E-state index contributed by atoms with van der Waals surface area (Å²) >= 11 is 5.76. The van der Waals surface area contributed by atoms with Crippen molar-refractivity contribution in [2.24, 2.45) is 0 Å². The number of nitrogen functional groups attached to an aromatic ring is 1. The van der Waals surface area contributed by atoms with E-state index in [-0.39, 0.29) is 16.8 Å². The molecule has 0 aromatic carbocycles. The van der Waals surface area contributed by atoms with Gasteiger partial charge in [-0.05, 0) is 25.4 Å². The fourth-order valence-corrected chi connectivity index (χ4v) is 1.87. The van der Waals surface area contributed by atoms with E-state index in [1.165, 1.54) is 0 Å². The van der Waals surface area contributed by atoms with E-state index in [0.29, 0.717) is 25.7 Å². The summed E-state index contributed by atoms with van der Waals surface area (Å²) in [7, 11) is 0. The van der Waals surface area contributed by atoms with Gasteiger partial charge in [-0.3, -0.25) is 0 Å². The normalized spacial score (nSPS) is 19.8. The van der Waals surface area contributed by atoms with Crippen molar-refractivity contribution in [3.8, 4) is 0 Å². The SMILES string of the molecule is CC1(C)COCCN1c1nc(N)nc(Cl)n1. The summed E-state index contributed by atoms with van der Waals surface area (Å²) in [6.45, 7) is 6.09. The molecule has 6 nitrogen and oxygen atoms in total. The molecule has 0 saturated carbocycles. The van der Waals surface area contributed by atoms with Gasteiger partial charge in [-0.25, -0.2) is 0 Å². The van der Waals surface area contributed by atoms with Gasteiger partial charge in [0.05, 0.1) is 18.8 Å². The summed E-state index contributed by atoms with van der Waals surface area (Å²) < 4.78 is 5.42. The molecule has 0 bridgehead atoms. The number of morpholine rings is 1. The van der Waals surface area contributed by atoms with Crippen molar-refractivity contribution in [3.63, 3.8) is 0 Å².